The zero-order valence-electron chi connectivity index (χ0n) is 14.7. The maximum atomic E-state index is 6.41. The van der Waals surface area contributed by atoms with E-state index in [1.165, 1.54) is 0 Å². The monoisotopic (exact) mass is 354 g/mol. The molecule has 2 atom stereocenters. The van der Waals surface area contributed by atoms with Crippen molar-refractivity contribution in [3.63, 3.8) is 0 Å². The van der Waals surface area contributed by atoms with Gasteiger partial charge >= 0.3 is 0 Å². The van der Waals surface area contributed by atoms with Crippen molar-refractivity contribution in [1.82, 2.24) is 14.9 Å². The van der Waals surface area contributed by atoms with Crippen molar-refractivity contribution in [3.05, 3.63) is 16.9 Å². The third-order valence-corrected chi connectivity index (χ3v) is 5.23. The van der Waals surface area contributed by atoms with Gasteiger partial charge in [0.25, 0.3) is 0 Å². The molecule has 7 heteroatoms. The Morgan fingerprint density at radius 1 is 1.50 bits per heavy atom. The Labute approximate surface area is 148 Å². The van der Waals surface area contributed by atoms with Gasteiger partial charge in [0.1, 0.15) is 10.8 Å². The first-order valence-corrected chi connectivity index (χ1v) is 9.08. The van der Waals surface area contributed by atoms with Gasteiger partial charge in [-0.25, -0.2) is 9.97 Å². The summed E-state index contributed by atoms with van der Waals surface area (Å²) in [5.74, 6) is 0.552. The molecule has 0 amide bonds. The van der Waals surface area contributed by atoms with E-state index in [2.05, 4.69) is 34.0 Å². The van der Waals surface area contributed by atoms with E-state index in [4.69, 9.17) is 21.1 Å². The lowest BCUT2D eigenvalue weighted by atomic mass is 9.99. The zero-order valence-corrected chi connectivity index (χ0v) is 15.5. The van der Waals surface area contributed by atoms with Crippen LogP contribution in [0.1, 0.15) is 32.3 Å². The second kappa shape index (κ2) is 7.52. The molecule has 1 aromatic heterocycles. The van der Waals surface area contributed by atoms with Crippen molar-refractivity contribution >= 4 is 17.5 Å². The highest BCUT2D eigenvalue weighted by Crippen LogP contribution is 2.33. The van der Waals surface area contributed by atoms with Gasteiger partial charge in [-0.15, -0.1) is 0 Å². The maximum Gasteiger partial charge on any atom is 0.224 e. The molecule has 2 aliphatic heterocycles. The second-order valence-corrected chi connectivity index (χ2v) is 7.48. The van der Waals surface area contributed by atoms with Crippen molar-refractivity contribution in [1.29, 1.82) is 0 Å². The van der Waals surface area contributed by atoms with Crippen LogP contribution in [0.3, 0.4) is 0 Å². The van der Waals surface area contributed by atoms with Crippen molar-refractivity contribution in [2.24, 2.45) is 0 Å². The van der Waals surface area contributed by atoms with Crippen LogP contribution in [0.15, 0.2) is 6.20 Å². The summed E-state index contributed by atoms with van der Waals surface area (Å²) in [6.45, 7) is 10.4. The molecular formula is C17H27ClN4O2. The van der Waals surface area contributed by atoms with Crippen LogP contribution in [0.2, 0.25) is 5.15 Å². The molecule has 2 fully saturated rings. The molecule has 0 aliphatic carbocycles. The summed E-state index contributed by atoms with van der Waals surface area (Å²) in [5.41, 5.74) is 0.696. The molecule has 2 saturated heterocycles. The quantitative estimate of drug-likeness (QED) is 0.838. The SMILES string of the molecule is Cc1cnc(NC[C@@H]2CC[C@]3(COCCN(C(C)C)C3)O2)nc1Cl. The Balaban J connectivity index is 1.57. The van der Waals surface area contributed by atoms with Crippen molar-refractivity contribution < 1.29 is 9.47 Å². The van der Waals surface area contributed by atoms with Crippen LogP contribution >= 0.6 is 11.6 Å². The average molecular weight is 355 g/mol. The summed E-state index contributed by atoms with van der Waals surface area (Å²) in [6, 6.07) is 0.507. The molecule has 1 aromatic rings. The molecule has 3 heterocycles. The van der Waals surface area contributed by atoms with Gasteiger partial charge in [-0.2, -0.15) is 0 Å². The van der Waals surface area contributed by atoms with Gasteiger partial charge in [-0.05, 0) is 33.6 Å². The van der Waals surface area contributed by atoms with Gasteiger partial charge in [0.2, 0.25) is 5.95 Å². The number of rotatable bonds is 4. The molecule has 0 bridgehead atoms. The fourth-order valence-electron chi connectivity index (χ4n) is 3.35. The predicted octanol–water partition coefficient (Wildman–Crippen LogP) is 2.51. The molecule has 0 saturated carbocycles. The number of nitrogens with one attached hydrogen (secondary N) is 1. The highest BCUT2D eigenvalue weighted by atomic mass is 35.5. The molecule has 1 spiro atoms. The standard InChI is InChI=1S/C17H27ClN4O2/c1-12(2)22-6-7-23-11-17(10-22)5-4-14(24-17)9-20-16-19-8-13(3)15(18)21-16/h8,12,14H,4-7,9-11H2,1-3H3,(H,19,20,21)/t14-,17-/m0/s1. The minimum atomic E-state index is -0.182. The molecule has 2 aliphatic rings. The van der Waals surface area contributed by atoms with E-state index in [-0.39, 0.29) is 11.7 Å². The lowest BCUT2D eigenvalue weighted by Crippen LogP contribution is -2.47. The molecule has 0 unspecified atom stereocenters. The first-order valence-electron chi connectivity index (χ1n) is 8.70. The summed E-state index contributed by atoms with van der Waals surface area (Å²) < 4.78 is 12.2. The predicted molar refractivity (Wildman–Crippen MR) is 94.6 cm³/mol. The third-order valence-electron chi connectivity index (χ3n) is 4.85. The largest absolute Gasteiger partial charge is 0.377 e. The molecule has 0 aromatic carbocycles. The molecule has 6 nitrogen and oxygen atoms in total. The number of aryl methyl sites for hydroxylation is 1. The number of hydrogen-bond donors (Lipinski definition) is 1. The Morgan fingerprint density at radius 2 is 2.33 bits per heavy atom. The summed E-state index contributed by atoms with van der Waals surface area (Å²) in [7, 11) is 0. The van der Waals surface area contributed by atoms with Crippen molar-refractivity contribution in [2.45, 2.75) is 51.4 Å². The van der Waals surface area contributed by atoms with Gasteiger partial charge in [0.15, 0.2) is 0 Å². The Bertz CT molecular complexity index is 572. The van der Waals surface area contributed by atoms with Gasteiger partial charge in [-0.3, -0.25) is 4.90 Å². The van der Waals surface area contributed by atoms with E-state index in [1.54, 1.807) is 6.20 Å². The topological polar surface area (TPSA) is 59.5 Å². The molecule has 134 valence electrons. The van der Waals surface area contributed by atoms with Crippen LogP contribution < -0.4 is 5.32 Å². The third kappa shape index (κ3) is 4.17. The minimum absolute atomic E-state index is 0.143. The summed E-state index contributed by atoms with van der Waals surface area (Å²) >= 11 is 6.05. The zero-order chi connectivity index (χ0) is 17.2. The second-order valence-electron chi connectivity index (χ2n) is 7.13. The van der Waals surface area contributed by atoms with Crippen LogP contribution in [0, 0.1) is 6.92 Å². The van der Waals surface area contributed by atoms with Gasteiger partial charge in [-0.1, -0.05) is 11.6 Å². The lowest BCUT2D eigenvalue weighted by Gasteiger charge is -2.34. The number of ether oxygens (including phenoxy) is 2. The summed E-state index contributed by atoms with van der Waals surface area (Å²) in [4.78, 5) is 11.0. The van der Waals surface area contributed by atoms with Crippen molar-refractivity contribution in [3.8, 4) is 0 Å². The molecule has 3 rings (SSSR count). The van der Waals surface area contributed by atoms with E-state index in [1.807, 2.05) is 6.92 Å². The van der Waals surface area contributed by atoms with E-state index in [0.29, 0.717) is 30.3 Å². The average Bonchev–Trinajstić information content (AvgIpc) is 2.81. The van der Waals surface area contributed by atoms with E-state index >= 15 is 0 Å². The first kappa shape index (κ1) is 17.9. The highest BCUT2D eigenvalue weighted by Gasteiger charge is 2.43. The number of aromatic nitrogens is 2. The Hall–Kier alpha value is -0.950. The minimum Gasteiger partial charge on any atom is -0.377 e. The molecule has 1 N–H and O–H groups in total. The van der Waals surface area contributed by atoms with Crippen molar-refractivity contribution in [2.75, 3.05) is 38.2 Å². The van der Waals surface area contributed by atoms with Crippen LogP contribution in [-0.4, -0.2) is 65.5 Å². The van der Waals surface area contributed by atoms with Crippen LogP contribution in [0.4, 0.5) is 5.95 Å². The fourth-order valence-corrected chi connectivity index (χ4v) is 3.48. The smallest absolute Gasteiger partial charge is 0.224 e. The number of anilines is 1. The van der Waals surface area contributed by atoms with Gasteiger partial charge in [0, 0.05) is 37.4 Å². The molecule has 24 heavy (non-hydrogen) atoms. The van der Waals surface area contributed by atoms with E-state index < -0.39 is 0 Å². The fraction of sp³-hybridized carbons (Fsp3) is 0.765. The van der Waals surface area contributed by atoms with Crippen LogP contribution in [-0.2, 0) is 9.47 Å². The maximum absolute atomic E-state index is 6.41. The van der Waals surface area contributed by atoms with Gasteiger partial charge < -0.3 is 14.8 Å². The molecular weight excluding hydrogens is 328 g/mol. The Kier molecular flexibility index (Phi) is 5.59. The highest BCUT2D eigenvalue weighted by molar-refractivity contribution is 6.30. The molecule has 0 radical (unpaired) electrons. The summed E-state index contributed by atoms with van der Waals surface area (Å²) in [5, 5.41) is 3.73. The number of nitrogens with zero attached hydrogens (tertiary/aromatic N) is 3. The first-order chi connectivity index (χ1) is 11.5. The van der Waals surface area contributed by atoms with E-state index in [9.17, 15) is 0 Å². The van der Waals surface area contributed by atoms with Gasteiger partial charge in [0.05, 0.1) is 19.3 Å². The Morgan fingerprint density at radius 3 is 3.08 bits per heavy atom. The lowest BCUT2D eigenvalue weighted by molar-refractivity contribution is -0.0839. The van der Waals surface area contributed by atoms with Crippen LogP contribution in [0.25, 0.3) is 0 Å². The summed E-state index contributed by atoms with van der Waals surface area (Å²) in [6.07, 6.45) is 3.92. The number of hydrogen-bond acceptors (Lipinski definition) is 6. The normalized spacial score (nSPS) is 28.5. The number of halogens is 1. The van der Waals surface area contributed by atoms with Crippen LogP contribution in [0.5, 0.6) is 0 Å². The van der Waals surface area contributed by atoms with E-state index in [0.717, 1.165) is 38.1 Å².